The van der Waals surface area contributed by atoms with E-state index in [1.807, 2.05) is 18.5 Å². The molecule has 6 nitrogen and oxygen atoms in total. The maximum atomic E-state index is 12.4. The summed E-state index contributed by atoms with van der Waals surface area (Å²) in [5.74, 6) is 1.03. The van der Waals surface area contributed by atoms with Gasteiger partial charge in [0, 0.05) is 23.9 Å². The maximum Gasteiger partial charge on any atom is 0.228 e. The fraction of sp³-hybridized carbons (Fsp3) is 0.444. The molecular formula is C18H27ClN4O2. The van der Waals surface area contributed by atoms with Gasteiger partial charge in [-0.2, -0.15) is 5.10 Å². The molecule has 0 saturated heterocycles. The Bertz CT molecular complexity index is 741. The predicted molar refractivity (Wildman–Crippen MR) is 104 cm³/mol. The molecule has 1 aromatic carbocycles. The molecule has 2 aromatic rings. The zero-order valence-electron chi connectivity index (χ0n) is 15.4. The number of nitrogens with one attached hydrogen (secondary N) is 1. The Labute approximate surface area is 155 Å². The van der Waals surface area contributed by atoms with Crippen LogP contribution in [0, 0.1) is 19.8 Å². The summed E-state index contributed by atoms with van der Waals surface area (Å²) in [5, 5.41) is 7.40. The summed E-state index contributed by atoms with van der Waals surface area (Å²) < 4.78 is 7.14. The number of benzene rings is 1. The number of methoxy groups -OCH3 is 1. The highest BCUT2D eigenvalue weighted by Crippen LogP contribution is 2.25. The quantitative estimate of drug-likeness (QED) is 0.768. The van der Waals surface area contributed by atoms with Crippen LogP contribution in [0.15, 0.2) is 18.2 Å². The van der Waals surface area contributed by atoms with Crippen LogP contribution >= 0.6 is 12.4 Å². The molecule has 0 atom stereocenters. The van der Waals surface area contributed by atoms with Crippen molar-refractivity contribution < 1.29 is 9.53 Å². The number of hydrogen-bond donors (Lipinski definition) is 2. The van der Waals surface area contributed by atoms with E-state index in [0.29, 0.717) is 23.0 Å². The molecule has 2 rings (SSSR count). The second kappa shape index (κ2) is 8.76. The smallest absolute Gasteiger partial charge is 0.228 e. The van der Waals surface area contributed by atoms with Gasteiger partial charge in [-0.3, -0.25) is 9.48 Å². The molecule has 0 bridgehead atoms. The number of hydrogen-bond acceptors (Lipinski definition) is 4. The lowest BCUT2D eigenvalue weighted by Crippen LogP contribution is -2.16. The van der Waals surface area contributed by atoms with Gasteiger partial charge in [-0.15, -0.1) is 12.4 Å². The summed E-state index contributed by atoms with van der Waals surface area (Å²) in [6.07, 6.45) is 0.270. The van der Waals surface area contributed by atoms with Crippen molar-refractivity contribution in [2.24, 2.45) is 5.92 Å². The highest BCUT2D eigenvalue weighted by molar-refractivity contribution is 5.95. The second-order valence-corrected chi connectivity index (χ2v) is 6.40. The van der Waals surface area contributed by atoms with Gasteiger partial charge >= 0.3 is 0 Å². The lowest BCUT2D eigenvalue weighted by atomic mass is 10.1. The molecule has 0 spiro atoms. The van der Waals surface area contributed by atoms with Gasteiger partial charge in [0.25, 0.3) is 0 Å². The van der Waals surface area contributed by atoms with Gasteiger partial charge < -0.3 is 15.8 Å². The summed E-state index contributed by atoms with van der Waals surface area (Å²) in [5.41, 5.74) is 9.88. The molecule has 0 saturated carbocycles. The van der Waals surface area contributed by atoms with Crippen LogP contribution in [-0.2, 0) is 17.8 Å². The van der Waals surface area contributed by atoms with Gasteiger partial charge in [0.2, 0.25) is 5.91 Å². The van der Waals surface area contributed by atoms with E-state index in [0.717, 1.165) is 23.5 Å². The minimum Gasteiger partial charge on any atom is -0.497 e. The van der Waals surface area contributed by atoms with E-state index in [2.05, 4.69) is 24.3 Å². The van der Waals surface area contributed by atoms with E-state index < -0.39 is 0 Å². The average Bonchev–Trinajstić information content (AvgIpc) is 2.76. The predicted octanol–water partition coefficient (Wildman–Crippen LogP) is 3.35. The number of carbonyl (C=O) groups is 1. The molecule has 7 heteroatoms. The van der Waals surface area contributed by atoms with Gasteiger partial charge in [0.05, 0.1) is 30.6 Å². The molecule has 25 heavy (non-hydrogen) atoms. The monoisotopic (exact) mass is 366 g/mol. The topological polar surface area (TPSA) is 82.2 Å². The minimum atomic E-state index is -0.120. The largest absolute Gasteiger partial charge is 0.497 e. The van der Waals surface area contributed by atoms with Crippen LogP contribution in [0.3, 0.4) is 0 Å². The first-order valence-corrected chi connectivity index (χ1v) is 8.08. The molecule has 3 N–H and O–H groups in total. The van der Waals surface area contributed by atoms with Crippen molar-refractivity contribution in [2.75, 3.05) is 18.2 Å². The van der Waals surface area contributed by atoms with Gasteiger partial charge in [0.1, 0.15) is 5.75 Å². The number of amides is 1. The van der Waals surface area contributed by atoms with E-state index >= 15 is 0 Å². The van der Waals surface area contributed by atoms with E-state index in [-0.39, 0.29) is 24.7 Å². The Morgan fingerprint density at radius 1 is 1.36 bits per heavy atom. The first-order valence-electron chi connectivity index (χ1n) is 8.08. The van der Waals surface area contributed by atoms with Gasteiger partial charge in [-0.05, 0) is 31.9 Å². The van der Waals surface area contributed by atoms with E-state index in [9.17, 15) is 4.79 Å². The first kappa shape index (κ1) is 20.8. The third kappa shape index (κ3) is 5.13. The molecule has 0 fully saturated rings. The number of nitrogens with two attached hydrogens (primary N) is 1. The number of anilines is 2. The van der Waals surface area contributed by atoms with Crippen molar-refractivity contribution in [3.63, 3.8) is 0 Å². The maximum absolute atomic E-state index is 12.4. The van der Waals surface area contributed by atoms with E-state index in [1.165, 1.54) is 0 Å². The molecule has 0 radical (unpaired) electrons. The Kier molecular flexibility index (Phi) is 7.30. The van der Waals surface area contributed by atoms with Crippen molar-refractivity contribution in [3.05, 3.63) is 35.2 Å². The summed E-state index contributed by atoms with van der Waals surface area (Å²) in [6.45, 7) is 9.08. The van der Waals surface area contributed by atoms with Crippen LogP contribution < -0.4 is 15.8 Å². The number of carbonyl (C=O) groups excluding carboxylic acids is 1. The van der Waals surface area contributed by atoms with Crippen LogP contribution in [0.1, 0.15) is 30.8 Å². The third-order valence-corrected chi connectivity index (χ3v) is 3.94. The Morgan fingerprint density at radius 2 is 2.04 bits per heavy atom. The van der Waals surface area contributed by atoms with Crippen molar-refractivity contribution >= 4 is 29.7 Å². The standard InChI is InChI=1S/C18H26N4O2.ClH/c1-11(2)10-22-13(4)15(12(3)21-22)9-18(23)20-17-8-14(24-5)6-7-16(17)19;/h6-8,11H,9-10,19H2,1-5H3,(H,20,23);1H. The SMILES string of the molecule is COc1ccc(N)c(NC(=O)Cc2c(C)nn(CC(C)C)c2C)c1.Cl. The number of halogens is 1. The Morgan fingerprint density at radius 3 is 2.64 bits per heavy atom. The van der Waals surface area contributed by atoms with Crippen molar-refractivity contribution in [1.29, 1.82) is 0 Å². The molecule has 1 heterocycles. The number of aromatic nitrogens is 2. The summed E-state index contributed by atoms with van der Waals surface area (Å²) in [4.78, 5) is 12.4. The summed E-state index contributed by atoms with van der Waals surface area (Å²) in [6, 6.07) is 5.19. The molecule has 1 amide bonds. The zero-order chi connectivity index (χ0) is 17.9. The van der Waals surface area contributed by atoms with Gasteiger partial charge in [-0.25, -0.2) is 0 Å². The van der Waals surface area contributed by atoms with Crippen LogP contribution in [-0.4, -0.2) is 22.8 Å². The van der Waals surface area contributed by atoms with Crippen LogP contribution in [0.5, 0.6) is 5.75 Å². The summed E-state index contributed by atoms with van der Waals surface area (Å²) >= 11 is 0. The molecular weight excluding hydrogens is 340 g/mol. The van der Waals surface area contributed by atoms with Crippen LogP contribution in [0.4, 0.5) is 11.4 Å². The Balaban J connectivity index is 0.00000312. The molecule has 0 aliphatic carbocycles. The van der Waals surface area contributed by atoms with Crippen molar-refractivity contribution in [3.8, 4) is 5.75 Å². The highest BCUT2D eigenvalue weighted by Gasteiger charge is 2.16. The number of ether oxygens (including phenoxy) is 1. The van der Waals surface area contributed by atoms with Gasteiger partial charge in [0.15, 0.2) is 0 Å². The Hall–Kier alpha value is -2.21. The number of nitrogens with zero attached hydrogens (tertiary/aromatic N) is 2. The van der Waals surface area contributed by atoms with Crippen molar-refractivity contribution in [2.45, 2.75) is 40.7 Å². The first-order chi connectivity index (χ1) is 11.3. The van der Waals surface area contributed by atoms with Gasteiger partial charge in [-0.1, -0.05) is 13.8 Å². The molecule has 1 aromatic heterocycles. The lowest BCUT2D eigenvalue weighted by Gasteiger charge is -2.11. The lowest BCUT2D eigenvalue weighted by molar-refractivity contribution is -0.115. The van der Waals surface area contributed by atoms with E-state index in [4.69, 9.17) is 10.5 Å². The highest BCUT2D eigenvalue weighted by atomic mass is 35.5. The number of rotatable bonds is 6. The summed E-state index contributed by atoms with van der Waals surface area (Å²) in [7, 11) is 1.58. The number of nitrogen functional groups attached to an aromatic ring is 1. The van der Waals surface area contributed by atoms with E-state index in [1.54, 1.807) is 25.3 Å². The minimum absolute atomic E-state index is 0. The normalized spacial score (nSPS) is 10.5. The van der Waals surface area contributed by atoms with Crippen LogP contribution in [0.25, 0.3) is 0 Å². The third-order valence-electron chi connectivity index (χ3n) is 3.94. The fourth-order valence-corrected chi connectivity index (χ4v) is 2.64. The molecule has 0 aliphatic heterocycles. The van der Waals surface area contributed by atoms with Crippen molar-refractivity contribution in [1.82, 2.24) is 9.78 Å². The number of aryl methyl sites for hydroxylation is 1. The molecule has 138 valence electrons. The zero-order valence-corrected chi connectivity index (χ0v) is 16.2. The average molecular weight is 367 g/mol. The van der Waals surface area contributed by atoms with Crippen LogP contribution in [0.2, 0.25) is 0 Å². The molecule has 0 unspecified atom stereocenters. The second-order valence-electron chi connectivity index (χ2n) is 6.40. The fourth-order valence-electron chi connectivity index (χ4n) is 2.64. The molecule has 0 aliphatic rings.